The lowest BCUT2D eigenvalue weighted by Gasteiger charge is -2.22. The van der Waals surface area contributed by atoms with Gasteiger partial charge in [-0.2, -0.15) is 0 Å². The first-order valence-electron chi connectivity index (χ1n) is 6.20. The lowest BCUT2D eigenvalue weighted by atomic mass is 9.97. The summed E-state index contributed by atoms with van der Waals surface area (Å²) >= 11 is 0. The van der Waals surface area contributed by atoms with E-state index in [2.05, 4.69) is 13.0 Å². The fraction of sp³-hybridized carbons (Fsp3) is 0.571. The summed E-state index contributed by atoms with van der Waals surface area (Å²) in [4.78, 5) is 0. The molecule has 0 aromatic heterocycles. The molecular formula is C14H18O2. The lowest BCUT2D eigenvalue weighted by Crippen LogP contribution is -2.13. The average molecular weight is 218 g/mol. The van der Waals surface area contributed by atoms with Gasteiger partial charge in [-0.1, -0.05) is 25.1 Å². The molecule has 1 N–H and O–H groups in total. The second kappa shape index (κ2) is 3.77. The molecule has 1 aromatic rings. The Morgan fingerprint density at radius 1 is 1.44 bits per heavy atom. The molecule has 1 aliphatic carbocycles. The van der Waals surface area contributed by atoms with Crippen LogP contribution in [-0.2, 0) is 6.42 Å². The summed E-state index contributed by atoms with van der Waals surface area (Å²) in [5, 5.41) is 10.3. The van der Waals surface area contributed by atoms with E-state index in [1.54, 1.807) is 0 Å². The zero-order valence-corrected chi connectivity index (χ0v) is 9.65. The molecule has 1 aliphatic heterocycles. The summed E-state index contributed by atoms with van der Waals surface area (Å²) < 4.78 is 5.73. The second-order valence-electron chi connectivity index (χ2n) is 5.11. The van der Waals surface area contributed by atoms with E-state index < -0.39 is 0 Å². The van der Waals surface area contributed by atoms with Gasteiger partial charge >= 0.3 is 0 Å². The Morgan fingerprint density at radius 2 is 2.25 bits per heavy atom. The van der Waals surface area contributed by atoms with Crippen molar-refractivity contribution in [1.29, 1.82) is 0 Å². The van der Waals surface area contributed by atoms with E-state index in [0.717, 1.165) is 37.2 Å². The zero-order valence-electron chi connectivity index (χ0n) is 9.65. The first-order chi connectivity index (χ1) is 7.77. The van der Waals surface area contributed by atoms with Gasteiger partial charge in [0.05, 0.1) is 12.7 Å². The highest BCUT2D eigenvalue weighted by Gasteiger charge is 2.40. The summed E-state index contributed by atoms with van der Waals surface area (Å²) in [6, 6.07) is 6.17. The number of aliphatic hydroxyl groups is 1. The van der Waals surface area contributed by atoms with Crippen LogP contribution in [0.25, 0.3) is 0 Å². The SMILES string of the molecule is CC1CC1C(O)c1cccc2c1OCCC2. The molecule has 0 radical (unpaired) electrons. The second-order valence-corrected chi connectivity index (χ2v) is 5.11. The molecule has 0 saturated heterocycles. The molecule has 2 aliphatic rings. The highest BCUT2D eigenvalue weighted by Crippen LogP contribution is 2.49. The molecule has 86 valence electrons. The molecule has 3 rings (SSSR count). The third kappa shape index (κ3) is 1.61. The topological polar surface area (TPSA) is 29.5 Å². The van der Waals surface area contributed by atoms with Crippen molar-refractivity contribution in [3.05, 3.63) is 29.3 Å². The molecule has 1 fully saturated rings. The summed E-state index contributed by atoms with van der Waals surface area (Å²) in [5.74, 6) is 2.06. The van der Waals surface area contributed by atoms with Crippen LogP contribution in [0.2, 0.25) is 0 Å². The van der Waals surface area contributed by atoms with Crippen LogP contribution >= 0.6 is 0 Å². The predicted octanol–water partition coefficient (Wildman–Crippen LogP) is 2.70. The van der Waals surface area contributed by atoms with Gasteiger partial charge in [-0.15, -0.1) is 0 Å². The highest BCUT2D eigenvalue weighted by molar-refractivity contribution is 5.44. The Balaban J connectivity index is 1.94. The van der Waals surface area contributed by atoms with Crippen molar-refractivity contribution in [3.8, 4) is 5.75 Å². The van der Waals surface area contributed by atoms with Crippen LogP contribution in [0.3, 0.4) is 0 Å². The smallest absolute Gasteiger partial charge is 0.128 e. The third-order valence-corrected chi connectivity index (χ3v) is 3.86. The Hall–Kier alpha value is -1.02. The summed E-state index contributed by atoms with van der Waals surface area (Å²) in [5.41, 5.74) is 2.27. The van der Waals surface area contributed by atoms with Crippen LogP contribution in [0.5, 0.6) is 5.75 Å². The van der Waals surface area contributed by atoms with Gasteiger partial charge in [0.1, 0.15) is 5.75 Å². The predicted molar refractivity (Wildman–Crippen MR) is 62.5 cm³/mol. The molecule has 1 saturated carbocycles. The number of para-hydroxylation sites is 1. The molecule has 1 heterocycles. The monoisotopic (exact) mass is 218 g/mol. The standard InChI is InChI=1S/C14H18O2/c1-9-8-12(9)13(15)11-6-2-4-10-5-3-7-16-14(10)11/h2,4,6,9,12-13,15H,3,5,7-8H2,1H3. The Morgan fingerprint density at radius 3 is 3.00 bits per heavy atom. The van der Waals surface area contributed by atoms with Crippen molar-refractivity contribution in [2.45, 2.75) is 32.3 Å². The number of aryl methyl sites for hydroxylation is 1. The van der Waals surface area contributed by atoms with Gasteiger partial charge in [0.2, 0.25) is 0 Å². The van der Waals surface area contributed by atoms with Crippen molar-refractivity contribution < 1.29 is 9.84 Å². The first-order valence-corrected chi connectivity index (χ1v) is 6.20. The van der Waals surface area contributed by atoms with E-state index in [4.69, 9.17) is 4.74 Å². The van der Waals surface area contributed by atoms with Crippen molar-refractivity contribution in [2.24, 2.45) is 11.8 Å². The average Bonchev–Trinajstić information content (AvgIpc) is 3.05. The molecular weight excluding hydrogens is 200 g/mol. The van der Waals surface area contributed by atoms with E-state index in [1.165, 1.54) is 5.56 Å². The van der Waals surface area contributed by atoms with E-state index in [9.17, 15) is 5.11 Å². The van der Waals surface area contributed by atoms with Crippen molar-refractivity contribution in [3.63, 3.8) is 0 Å². The summed E-state index contributed by atoms with van der Waals surface area (Å²) in [7, 11) is 0. The number of rotatable bonds is 2. The summed E-state index contributed by atoms with van der Waals surface area (Å²) in [6.45, 7) is 2.99. The number of ether oxygens (including phenoxy) is 1. The van der Waals surface area contributed by atoms with Crippen LogP contribution in [0.4, 0.5) is 0 Å². The Labute approximate surface area is 96.2 Å². The van der Waals surface area contributed by atoms with Crippen LogP contribution in [0, 0.1) is 11.8 Å². The maximum absolute atomic E-state index is 10.3. The van der Waals surface area contributed by atoms with E-state index in [0.29, 0.717) is 11.8 Å². The van der Waals surface area contributed by atoms with E-state index >= 15 is 0 Å². The molecule has 3 atom stereocenters. The number of hydrogen-bond donors (Lipinski definition) is 1. The quantitative estimate of drug-likeness (QED) is 0.827. The molecule has 2 nitrogen and oxygen atoms in total. The van der Waals surface area contributed by atoms with Crippen LogP contribution < -0.4 is 4.74 Å². The number of benzene rings is 1. The van der Waals surface area contributed by atoms with E-state index in [-0.39, 0.29) is 6.10 Å². The lowest BCUT2D eigenvalue weighted by molar-refractivity contribution is 0.141. The molecule has 1 aromatic carbocycles. The molecule has 3 unspecified atom stereocenters. The molecule has 0 spiro atoms. The Kier molecular flexibility index (Phi) is 2.40. The van der Waals surface area contributed by atoms with Crippen LogP contribution in [0.15, 0.2) is 18.2 Å². The molecule has 0 amide bonds. The van der Waals surface area contributed by atoms with Gasteiger partial charge in [-0.25, -0.2) is 0 Å². The fourth-order valence-electron chi connectivity index (χ4n) is 2.67. The molecule has 16 heavy (non-hydrogen) atoms. The van der Waals surface area contributed by atoms with Crippen molar-refractivity contribution in [1.82, 2.24) is 0 Å². The molecule has 0 bridgehead atoms. The maximum Gasteiger partial charge on any atom is 0.128 e. The third-order valence-electron chi connectivity index (χ3n) is 3.86. The first kappa shape index (κ1) is 10.2. The largest absolute Gasteiger partial charge is 0.493 e. The maximum atomic E-state index is 10.3. The number of hydrogen-bond acceptors (Lipinski definition) is 2. The van der Waals surface area contributed by atoms with E-state index in [1.807, 2.05) is 12.1 Å². The van der Waals surface area contributed by atoms with Gasteiger partial charge in [0.15, 0.2) is 0 Å². The van der Waals surface area contributed by atoms with Gasteiger partial charge in [-0.3, -0.25) is 0 Å². The summed E-state index contributed by atoms with van der Waals surface area (Å²) in [6.07, 6.45) is 2.98. The Bertz CT molecular complexity index is 400. The van der Waals surface area contributed by atoms with Crippen molar-refractivity contribution >= 4 is 0 Å². The minimum atomic E-state index is -0.331. The van der Waals surface area contributed by atoms with Gasteiger partial charge in [-0.05, 0) is 36.7 Å². The molecule has 2 heteroatoms. The van der Waals surface area contributed by atoms with Crippen molar-refractivity contribution in [2.75, 3.05) is 6.61 Å². The minimum absolute atomic E-state index is 0.331. The normalized spacial score (nSPS) is 29.1. The zero-order chi connectivity index (χ0) is 11.1. The number of aliphatic hydroxyl groups excluding tert-OH is 1. The highest BCUT2D eigenvalue weighted by atomic mass is 16.5. The van der Waals surface area contributed by atoms with Gasteiger partial charge in [0.25, 0.3) is 0 Å². The fourth-order valence-corrected chi connectivity index (χ4v) is 2.67. The van der Waals surface area contributed by atoms with Gasteiger partial charge < -0.3 is 9.84 Å². The van der Waals surface area contributed by atoms with Crippen LogP contribution in [0.1, 0.15) is 37.0 Å². The minimum Gasteiger partial charge on any atom is -0.493 e. The van der Waals surface area contributed by atoms with Crippen LogP contribution in [-0.4, -0.2) is 11.7 Å². The number of fused-ring (bicyclic) bond motifs is 1. The van der Waals surface area contributed by atoms with Gasteiger partial charge in [0, 0.05) is 5.56 Å².